The maximum Gasteiger partial charge on any atom is 0.224 e. The summed E-state index contributed by atoms with van der Waals surface area (Å²) in [5, 5.41) is 0. The highest BCUT2D eigenvalue weighted by Gasteiger charge is 2.20. The molecule has 0 aromatic heterocycles. The number of nitrogens with zero attached hydrogens (tertiary/aromatic N) is 1. The zero-order valence-electron chi connectivity index (χ0n) is 11.8. The van der Waals surface area contributed by atoms with Gasteiger partial charge >= 0.3 is 0 Å². The molecule has 100 valence electrons. The number of rotatable bonds is 7. The molecule has 1 unspecified atom stereocenters. The van der Waals surface area contributed by atoms with Crippen molar-refractivity contribution < 1.29 is 4.79 Å². The molecule has 3 heteroatoms. The summed E-state index contributed by atoms with van der Waals surface area (Å²) >= 11 is 0. The highest BCUT2D eigenvalue weighted by atomic mass is 16.2. The standard InChI is InChI=1S/C14H28N2O/c1-6-8-16(9-7-2)13(17)10-12(15)11-14(3,4)5/h6,12H,1,7-11,15H2,2-5H3. The van der Waals surface area contributed by atoms with Crippen LogP contribution >= 0.6 is 0 Å². The molecule has 0 aliphatic heterocycles. The Morgan fingerprint density at radius 2 is 2.06 bits per heavy atom. The monoisotopic (exact) mass is 240 g/mol. The first-order valence-electron chi connectivity index (χ1n) is 6.44. The van der Waals surface area contributed by atoms with Crippen molar-refractivity contribution >= 4 is 5.91 Å². The van der Waals surface area contributed by atoms with Gasteiger partial charge in [-0.2, -0.15) is 0 Å². The molecule has 0 heterocycles. The number of carbonyl (C=O) groups is 1. The van der Waals surface area contributed by atoms with Crippen LogP contribution in [0.3, 0.4) is 0 Å². The summed E-state index contributed by atoms with van der Waals surface area (Å²) in [6, 6.07) is -0.0494. The minimum atomic E-state index is -0.0494. The van der Waals surface area contributed by atoms with Crippen molar-refractivity contribution in [2.45, 2.75) is 53.0 Å². The molecule has 0 aliphatic carbocycles. The maximum atomic E-state index is 12.0. The van der Waals surface area contributed by atoms with E-state index in [0.717, 1.165) is 19.4 Å². The van der Waals surface area contributed by atoms with Crippen molar-refractivity contribution in [1.82, 2.24) is 4.90 Å². The minimum absolute atomic E-state index is 0.0494. The van der Waals surface area contributed by atoms with Gasteiger partial charge < -0.3 is 10.6 Å². The number of amides is 1. The molecule has 1 amide bonds. The Morgan fingerprint density at radius 1 is 1.47 bits per heavy atom. The molecule has 0 fully saturated rings. The summed E-state index contributed by atoms with van der Waals surface area (Å²) in [7, 11) is 0. The molecular weight excluding hydrogens is 212 g/mol. The highest BCUT2D eigenvalue weighted by molar-refractivity contribution is 5.77. The first kappa shape index (κ1) is 16.2. The smallest absolute Gasteiger partial charge is 0.224 e. The van der Waals surface area contributed by atoms with Gasteiger partial charge in [0, 0.05) is 25.6 Å². The van der Waals surface area contributed by atoms with Gasteiger partial charge in [-0.25, -0.2) is 0 Å². The Morgan fingerprint density at radius 3 is 2.47 bits per heavy atom. The zero-order valence-corrected chi connectivity index (χ0v) is 11.8. The first-order valence-corrected chi connectivity index (χ1v) is 6.44. The van der Waals surface area contributed by atoms with E-state index in [1.807, 2.05) is 4.90 Å². The Labute approximate surface area is 106 Å². The van der Waals surface area contributed by atoms with E-state index in [1.54, 1.807) is 6.08 Å². The third-order valence-corrected chi connectivity index (χ3v) is 2.51. The van der Waals surface area contributed by atoms with E-state index < -0.39 is 0 Å². The average Bonchev–Trinajstić information content (AvgIpc) is 2.14. The molecule has 0 aliphatic rings. The molecule has 0 bridgehead atoms. The maximum absolute atomic E-state index is 12.0. The second-order valence-corrected chi connectivity index (χ2v) is 5.86. The van der Waals surface area contributed by atoms with Crippen LogP contribution in [-0.2, 0) is 4.79 Å². The van der Waals surface area contributed by atoms with Crippen LogP contribution < -0.4 is 5.73 Å². The molecule has 0 saturated heterocycles. The fourth-order valence-corrected chi connectivity index (χ4v) is 1.96. The van der Waals surface area contributed by atoms with Crippen molar-refractivity contribution in [3.05, 3.63) is 12.7 Å². The van der Waals surface area contributed by atoms with Gasteiger partial charge in [-0.1, -0.05) is 33.8 Å². The van der Waals surface area contributed by atoms with E-state index in [9.17, 15) is 4.79 Å². The second-order valence-electron chi connectivity index (χ2n) is 5.86. The van der Waals surface area contributed by atoms with Crippen LogP contribution in [-0.4, -0.2) is 29.9 Å². The largest absolute Gasteiger partial charge is 0.339 e. The summed E-state index contributed by atoms with van der Waals surface area (Å²) in [6.45, 7) is 13.6. The highest BCUT2D eigenvalue weighted by Crippen LogP contribution is 2.21. The molecule has 0 aromatic rings. The lowest BCUT2D eigenvalue weighted by atomic mass is 9.87. The van der Waals surface area contributed by atoms with Gasteiger partial charge in [0.05, 0.1) is 0 Å². The summed E-state index contributed by atoms with van der Waals surface area (Å²) in [4.78, 5) is 13.8. The number of hydrogen-bond donors (Lipinski definition) is 1. The topological polar surface area (TPSA) is 46.3 Å². The van der Waals surface area contributed by atoms with Gasteiger partial charge in [-0.3, -0.25) is 4.79 Å². The van der Waals surface area contributed by atoms with Gasteiger partial charge in [0.1, 0.15) is 0 Å². The minimum Gasteiger partial charge on any atom is -0.339 e. The molecule has 0 saturated carbocycles. The molecule has 17 heavy (non-hydrogen) atoms. The summed E-state index contributed by atoms with van der Waals surface area (Å²) in [5.74, 6) is 0.142. The van der Waals surface area contributed by atoms with Crippen molar-refractivity contribution in [3.63, 3.8) is 0 Å². The Balaban J connectivity index is 4.24. The average molecular weight is 240 g/mol. The molecule has 2 N–H and O–H groups in total. The Bertz CT molecular complexity index is 243. The van der Waals surface area contributed by atoms with Crippen LogP contribution in [0.2, 0.25) is 0 Å². The fraction of sp³-hybridized carbons (Fsp3) is 0.786. The van der Waals surface area contributed by atoms with Crippen LogP contribution in [0.5, 0.6) is 0 Å². The third kappa shape index (κ3) is 7.97. The van der Waals surface area contributed by atoms with Gasteiger partial charge in [-0.05, 0) is 18.3 Å². The van der Waals surface area contributed by atoms with Crippen molar-refractivity contribution in [3.8, 4) is 0 Å². The molecule has 1 atom stereocenters. The lowest BCUT2D eigenvalue weighted by molar-refractivity contribution is -0.131. The quantitative estimate of drug-likeness (QED) is 0.695. The van der Waals surface area contributed by atoms with Crippen LogP contribution in [0.1, 0.15) is 47.0 Å². The molecule has 0 aromatic carbocycles. The van der Waals surface area contributed by atoms with Crippen LogP contribution in [0.25, 0.3) is 0 Å². The second kappa shape index (κ2) is 7.49. The van der Waals surface area contributed by atoms with E-state index in [2.05, 4.69) is 34.3 Å². The van der Waals surface area contributed by atoms with E-state index in [-0.39, 0.29) is 17.4 Å². The van der Waals surface area contributed by atoms with Gasteiger partial charge in [-0.15, -0.1) is 6.58 Å². The summed E-state index contributed by atoms with van der Waals surface area (Å²) in [5.41, 5.74) is 6.19. The molecule has 3 nitrogen and oxygen atoms in total. The summed E-state index contributed by atoms with van der Waals surface area (Å²) in [6.07, 6.45) is 4.04. The van der Waals surface area contributed by atoms with Crippen molar-refractivity contribution in [1.29, 1.82) is 0 Å². The van der Waals surface area contributed by atoms with E-state index in [1.165, 1.54) is 0 Å². The number of nitrogens with two attached hydrogens (primary N) is 1. The van der Waals surface area contributed by atoms with Crippen LogP contribution in [0, 0.1) is 5.41 Å². The fourth-order valence-electron chi connectivity index (χ4n) is 1.96. The molecular formula is C14H28N2O. The number of carbonyl (C=O) groups excluding carboxylic acids is 1. The van der Waals surface area contributed by atoms with Crippen molar-refractivity contribution in [2.75, 3.05) is 13.1 Å². The zero-order chi connectivity index (χ0) is 13.5. The van der Waals surface area contributed by atoms with Crippen molar-refractivity contribution in [2.24, 2.45) is 11.1 Å². The van der Waals surface area contributed by atoms with E-state index >= 15 is 0 Å². The Hall–Kier alpha value is -0.830. The van der Waals surface area contributed by atoms with Gasteiger partial charge in [0.25, 0.3) is 0 Å². The predicted octanol–water partition coefficient (Wildman–Crippen LogP) is 2.56. The summed E-state index contributed by atoms with van der Waals surface area (Å²) < 4.78 is 0. The normalized spacial score (nSPS) is 13.2. The van der Waals surface area contributed by atoms with Gasteiger partial charge in [0.15, 0.2) is 0 Å². The molecule has 0 rings (SSSR count). The Kier molecular flexibility index (Phi) is 7.12. The third-order valence-electron chi connectivity index (χ3n) is 2.51. The van der Waals surface area contributed by atoms with Gasteiger partial charge in [0.2, 0.25) is 5.91 Å². The van der Waals surface area contributed by atoms with E-state index in [0.29, 0.717) is 13.0 Å². The SMILES string of the molecule is C=CCN(CCC)C(=O)CC(N)CC(C)(C)C. The number of hydrogen-bond acceptors (Lipinski definition) is 2. The molecule has 0 radical (unpaired) electrons. The lowest BCUT2D eigenvalue weighted by Gasteiger charge is -2.26. The predicted molar refractivity (Wildman–Crippen MR) is 73.7 cm³/mol. The van der Waals surface area contributed by atoms with Crippen LogP contribution in [0.4, 0.5) is 0 Å². The van der Waals surface area contributed by atoms with E-state index in [4.69, 9.17) is 5.73 Å². The van der Waals surface area contributed by atoms with Crippen LogP contribution in [0.15, 0.2) is 12.7 Å². The lowest BCUT2D eigenvalue weighted by Crippen LogP contribution is -2.37. The first-order chi connectivity index (χ1) is 7.80. The molecule has 0 spiro atoms.